The van der Waals surface area contributed by atoms with Gasteiger partial charge in [-0.2, -0.15) is 0 Å². The van der Waals surface area contributed by atoms with E-state index in [1.165, 1.54) is 16.9 Å². The minimum Gasteiger partial charge on any atom is -0.350 e. The van der Waals surface area contributed by atoms with Crippen LogP contribution in [-0.2, 0) is 5.41 Å². The Balaban J connectivity index is 1.74. The Morgan fingerprint density at radius 3 is 2.80 bits per heavy atom. The largest absolute Gasteiger partial charge is 0.350 e. The molecule has 1 fully saturated rings. The molecule has 1 N–H and O–H groups in total. The van der Waals surface area contributed by atoms with Gasteiger partial charge in [-0.25, -0.2) is 10.5 Å². The van der Waals surface area contributed by atoms with Crippen molar-refractivity contribution >= 4 is 28.6 Å². The van der Waals surface area contributed by atoms with Gasteiger partial charge in [-0.1, -0.05) is 42.0 Å². The van der Waals surface area contributed by atoms with Gasteiger partial charge in [0, 0.05) is 5.41 Å². The predicted molar refractivity (Wildman–Crippen MR) is 83.9 cm³/mol. The quantitative estimate of drug-likeness (QED) is 0.818. The maximum atomic E-state index is 6.26. The lowest BCUT2D eigenvalue weighted by Crippen LogP contribution is -2.07. The summed E-state index contributed by atoms with van der Waals surface area (Å²) in [6.07, 6.45) is 2.31. The van der Waals surface area contributed by atoms with Crippen molar-refractivity contribution in [3.8, 4) is 5.19 Å². The lowest BCUT2D eigenvalue weighted by Gasteiger charge is -2.09. The SMILES string of the molecule is Cc1ccc(C)c(NOc2nc(C3(C)CC3)c(Cl)s2)c1. The van der Waals surface area contributed by atoms with E-state index in [0.717, 1.165) is 34.1 Å². The van der Waals surface area contributed by atoms with Gasteiger partial charge in [0.05, 0.1) is 11.4 Å². The number of rotatable bonds is 4. The van der Waals surface area contributed by atoms with Crippen molar-refractivity contribution in [2.24, 2.45) is 0 Å². The van der Waals surface area contributed by atoms with E-state index >= 15 is 0 Å². The van der Waals surface area contributed by atoms with E-state index in [1.54, 1.807) is 0 Å². The maximum absolute atomic E-state index is 6.26. The van der Waals surface area contributed by atoms with Crippen LogP contribution >= 0.6 is 22.9 Å². The molecular formula is C15H17ClN2OS. The number of aromatic nitrogens is 1. The first kappa shape index (κ1) is 13.7. The molecule has 1 aromatic carbocycles. The van der Waals surface area contributed by atoms with E-state index < -0.39 is 0 Å². The normalized spacial score (nSPS) is 16.0. The van der Waals surface area contributed by atoms with E-state index in [4.69, 9.17) is 16.4 Å². The first-order valence-electron chi connectivity index (χ1n) is 6.65. The molecule has 1 aliphatic rings. The Kier molecular flexibility index (Phi) is 3.38. The van der Waals surface area contributed by atoms with Crippen molar-refractivity contribution < 1.29 is 4.84 Å². The molecule has 1 saturated carbocycles. The Hall–Kier alpha value is -1.26. The van der Waals surface area contributed by atoms with Crippen LogP contribution < -0.4 is 10.3 Å². The second-order valence-electron chi connectivity index (χ2n) is 5.69. The number of nitrogens with zero attached hydrogens (tertiary/aromatic N) is 1. The van der Waals surface area contributed by atoms with Gasteiger partial charge in [-0.3, -0.25) is 0 Å². The second-order valence-corrected chi connectivity index (χ2v) is 7.25. The number of anilines is 1. The van der Waals surface area contributed by atoms with Crippen LogP contribution in [0.5, 0.6) is 5.19 Å². The number of aryl methyl sites for hydroxylation is 2. The van der Waals surface area contributed by atoms with Gasteiger partial charge in [0.1, 0.15) is 4.34 Å². The van der Waals surface area contributed by atoms with Gasteiger partial charge in [-0.05, 0) is 43.9 Å². The van der Waals surface area contributed by atoms with Crippen molar-refractivity contribution in [2.45, 2.75) is 39.0 Å². The third-order valence-electron chi connectivity index (χ3n) is 3.78. The summed E-state index contributed by atoms with van der Waals surface area (Å²) in [6, 6.07) is 6.19. The zero-order chi connectivity index (χ0) is 14.3. The average Bonchev–Trinajstić information content (AvgIpc) is 3.03. The van der Waals surface area contributed by atoms with Crippen molar-refractivity contribution in [2.75, 3.05) is 5.48 Å². The van der Waals surface area contributed by atoms with Gasteiger partial charge in [0.2, 0.25) is 0 Å². The van der Waals surface area contributed by atoms with Crippen LogP contribution in [0.3, 0.4) is 0 Å². The molecular weight excluding hydrogens is 292 g/mol. The number of hydrogen-bond donors (Lipinski definition) is 1. The van der Waals surface area contributed by atoms with Crippen LogP contribution in [0.15, 0.2) is 18.2 Å². The first-order valence-corrected chi connectivity index (χ1v) is 7.84. The van der Waals surface area contributed by atoms with Crippen molar-refractivity contribution in [3.05, 3.63) is 39.4 Å². The highest BCUT2D eigenvalue weighted by atomic mass is 35.5. The Labute approximate surface area is 127 Å². The molecule has 0 atom stereocenters. The fourth-order valence-corrected chi connectivity index (χ4v) is 3.30. The summed E-state index contributed by atoms with van der Waals surface area (Å²) in [7, 11) is 0. The third kappa shape index (κ3) is 2.63. The third-order valence-corrected chi connectivity index (χ3v) is 4.91. The van der Waals surface area contributed by atoms with E-state index in [1.807, 2.05) is 13.0 Å². The summed E-state index contributed by atoms with van der Waals surface area (Å²) in [5.74, 6) is 0. The molecule has 2 aromatic rings. The van der Waals surface area contributed by atoms with Crippen molar-refractivity contribution in [3.63, 3.8) is 0 Å². The van der Waals surface area contributed by atoms with Gasteiger partial charge in [0.25, 0.3) is 0 Å². The van der Waals surface area contributed by atoms with Gasteiger partial charge < -0.3 is 4.84 Å². The van der Waals surface area contributed by atoms with Crippen LogP contribution in [0.1, 0.15) is 36.6 Å². The molecule has 20 heavy (non-hydrogen) atoms. The zero-order valence-corrected chi connectivity index (χ0v) is 13.4. The Morgan fingerprint density at radius 2 is 2.10 bits per heavy atom. The van der Waals surface area contributed by atoms with Gasteiger partial charge >= 0.3 is 5.19 Å². The van der Waals surface area contributed by atoms with E-state index in [9.17, 15) is 0 Å². The van der Waals surface area contributed by atoms with Crippen molar-refractivity contribution in [1.29, 1.82) is 0 Å². The summed E-state index contributed by atoms with van der Waals surface area (Å²) in [5.41, 5.74) is 7.38. The van der Waals surface area contributed by atoms with Crippen molar-refractivity contribution in [1.82, 2.24) is 4.98 Å². The van der Waals surface area contributed by atoms with Crippen LogP contribution in [-0.4, -0.2) is 4.98 Å². The second kappa shape index (κ2) is 4.93. The molecule has 3 nitrogen and oxygen atoms in total. The topological polar surface area (TPSA) is 34.1 Å². The zero-order valence-electron chi connectivity index (χ0n) is 11.8. The number of benzene rings is 1. The minimum absolute atomic E-state index is 0.161. The van der Waals surface area contributed by atoms with Gasteiger partial charge in [0.15, 0.2) is 0 Å². The highest BCUT2D eigenvalue weighted by Crippen LogP contribution is 2.51. The lowest BCUT2D eigenvalue weighted by atomic mass is 10.1. The summed E-state index contributed by atoms with van der Waals surface area (Å²) < 4.78 is 0.739. The minimum atomic E-state index is 0.161. The molecule has 1 aliphatic carbocycles. The average molecular weight is 309 g/mol. The molecule has 0 aliphatic heterocycles. The molecule has 106 valence electrons. The first-order chi connectivity index (χ1) is 9.48. The predicted octanol–water partition coefficient (Wildman–Crippen LogP) is 4.87. The Bertz CT molecular complexity index is 649. The monoisotopic (exact) mass is 308 g/mol. The smallest absolute Gasteiger partial charge is 0.303 e. The van der Waals surface area contributed by atoms with Crippen LogP contribution in [0, 0.1) is 13.8 Å². The molecule has 0 spiro atoms. The number of hydrogen-bond acceptors (Lipinski definition) is 4. The number of halogens is 1. The Morgan fingerprint density at radius 1 is 1.35 bits per heavy atom. The molecule has 0 unspecified atom stereocenters. The summed E-state index contributed by atoms with van der Waals surface area (Å²) in [4.78, 5) is 10.1. The standard InChI is InChI=1S/C15H17ClN2OS/c1-9-4-5-10(2)11(8-9)18-19-14-17-12(13(16)20-14)15(3)6-7-15/h4-5,8,18H,6-7H2,1-3H3. The molecule has 3 rings (SSSR count). The van der Waals surface area contributed by atoms with E-state index in [-0.39, 0.29) is 5.41 Å². The summed E-state index contributed by atoms with van der Waals surface area (Å²) in [5, 5.41) is 0.569. The summed E-state index contributed by atoms with van der Waals surface area (Å²) in [6.45, 7) is 6.28. The van der Waals surface area contributed by atoms with E-state index in [0.29, 0.717) is 5.19 Å². The fourth-order valence-electron chi connectivity index (χ4n) is 2.07. The molecule has 5 heteroatoms. The number of thiazole rings is 1. The molecule has 0 amide bonds. The number of nitrogens with one attached hydrogen (secondary N) is 1. The molecule has 0 saturated heterocycles. The van der Waals surface area contributed by atoms with Crippen LogP contribution in [0.4, 0.5) is 5.69 Å². The molecule has 1 heterocycles. The van der Waals surface area contributed by atoms with Crippen LogP contribution in [0.2, 0.25) is 4.34 Å². The summed E-state index contributed by atoms with van der Waals surface area (Å²) >= 11 is 7.64. The highest BCUT2D eigenvalue weighted by molar-refractivity contribution is 7.17. The van der Waals surface area contributed by atoms with E-state index in [2.05, 4.69) is 36.4 Å². The molecule has 1 aromatic heterocycles. The molecule has 0 bridgehead atoms. The highest BCUT2D eigenvalue weighted by Gasteiger charge is 2.43. The van der Waals surface area contributed by atoms with Crippen LogP contribution in [0.25, 0.3) is 0 Å². The van der Waals surface area contributed by atoms with Gasteiger partial charge in [-0.15, -0.1) is 0 Å². The lowest BCUT2D eigenvalue weighted by molar-refractivity contribution is 0.400. The maximum Gasteiger partial charge on any atom is 0.303 e. The fraction of sp³-hybridized carbons (Fsp3) is 0.400. The molecule has 0 radical (unpaired) electrons.